The van der Waals surface area contributed by atoms with E-state index >= 15 is 0 Å². The average molecular weight is 204 g/mol. The van der Waals surface area contributed by atoms with Gasteiger partial charge in [0, 0.05) is 11.3 Å². The number of hydrogen-bond donors (Lipinski definition) is 2. The van der Waals surface area contributed by atoms with Crippen LogP contribution in [0.15, 0.2) is 0 Å². The summed E-state index contributed by atoms with van der Waals surface area (Å²) in [5.74, 6) is -0.214. The van der Waals surface area contributed by atoms with E-state index in [9.17, 15) is 4.79 Å². The summed E-state index contributed by atoms with van der Waals surface area (Å²) in [6, 6.07) is -0.254. The minimum absolute atomic E-state index is 0.142. The quantitative estimate of drug-likeness (QED) is 0.616. The van der Waals surface area contributed by atoms with Gasteiger partial charge in [-0.15, -0.1) is 11.8 Å². The fourth-order valence-corrected chi connectivity index (χ4v) is 2.78. The number of hydrogen-bond acceptors (Lipinski definition) is 5. The Balaban J connectivity index is 2.69. The lowest BCUT2D eigenvalue weighted by atomic mass is 10.0. The van der Waals surface area contributed by atoms with Crippen molar-refractivity contribution < 1.29 is 9.53 Å². The second-order valence-corrected chi connectivity index (χ2v) is 5.43. The first-order valence-corrected chi connectivity index (χ1v) is 5.11. The molecule has 1 rings (SSSR count). The first-order chi connectivity index (χ1) is 6.01. The van der Waals surface area contributed by atoms with Gasteiger partial charge in [0.1, 0.15) is 6.04 Å². The van der Waals surface area contributed by atoms with Crippen molar-refractivity contribution in [3.63, 3.8) is 0 Å². The van der Waals surface area contributed by atoms with Crippen LogP contribution in [0.5, 0.6) is 0 Å². The zero-order valence-electron chi connectivity index (χ0n) is 8.16. The molecule has 2 unspecified atom stereocenters. The van der Waals surface area contributed by atoms with Crippen LogP contribution in [-0.4, -0.2) is 35.8 Å². The maximum absolute atomic E-state index is 11.4. The molecule has 1 aliphatic rings. The summed E-state index contributed by atoms with van der Waals surface area (Å²) < 4.78 is 4.57. The molecule has 13 heavy (non-hydrogen) atoms. The number of nitrogens with two attached hydrogens (primary N) is 1. The van der Waals surface area contributed by atoms with Gasteiger partial charge in [-0.25, -0.2) is 0 Å². The molecular weight excluding hydrogens is 188 g/mol. The second kappa shape index (κ2) is 3.86. The van der Waals surface area contributed by atoms with Gasteiger partial charge in [0.25, 0.3) is 0 Å². The summed E-state index contributed by atoms with van der Waals surface area (Å²) in [5, 5.41) is 3.30. The van der Waals surface area contributed by atoms with Crippen molar-refractivity contribution in [1.82, 2.24) is 5.32 Å². The summed E-state index contributed by atoms with van der Waals surface area (Å²) in [7, 11) is 1.40. The van der Waals surface area contributed by atoms with Crippen LogP contribution in [0.2, 0.25) is 0 Å². The lowest BCUT2D eigenvalue weighted by Crippen LogP contribution is -2.46. The Bertz CT molecular complexity index is 208. The Morgan fingerprint density at radius 1 is 1.69 bits per heavy atom. The number of methoxy groups -OCH3 is 1. The molecule has 0 saturated carbocycles. The molecule has 1 fully saturated rings. The van der Waals surface area contributed by atoms with Gasteiger partial charge in [0.2, 0.25) is 0 Å². The normalized spacial score (nSPS) is 31.7. The van der Waals surface area contributed by atoms with Crippen LogP contribution in [0, 0.1) is 0 Å². The number of carbonyl (C=O) groups is 1. The van der Waals surface area contributed by atoms with Gasteiger partial charge in [-0.05, 0) is 13.8 Å². The molecule has 1 aliphatic heterocycles. The molecule has 0 aromatic carbocycles. The number of rotatable bonds is 2. The molecule has 1 heterocycles. The lowest BCUT2D eigenvalue weighted by molar-refractivity contribution is -0.143. The molecule has 0 aromatic rings. The summed E-state index contributed by atoms with van der Waals surface area (Å²) in [6.07, 6.45) is 0. The number of ether oxygens (including phenoxy) is 1. The molecule has 0 bridgehead atoms. The standard InChI is InChI=1S/C8H16N2O2S/c1-8(2)6(7(11)12-3)10-5(4-9)13-8/h5-6,10H,4,9H2,1-3H3. The zero-order chi connectivity index (χ0) is 10.1. The molecule has 1 saturated heterocycles. The van der Waals surface area contributed by atoms with Crippen LogP contribution < -0.4 is 11.1 Å². The van der Waals surface area contributed by atoms with Crippen LogP contribution >= 0.6 is 11.8 Å². The maximum Gasteiger partial charge on any atom is 0.324 e. The molecule has 5 heteroatoms. The molecule has 4 nitrogen and oxygen atoms in total. The van der Waals surface area contributed by atoms with Crippen molar-refractivity contribution in [3.8, 4) is 0 Å². The van der Waals surface area contributed by atoms with E-state index in [1.54, 1.807) is 11.8 Å². The Kier molecular flexibility index (Phi) is 3.21. The third-order valence-corrected chi connectivity index (χ3v) is 3.60. The highest BCUT2D eigenvalue weighted by molar-refractivity contribution is 8.01. The molecule has 76 valence electrons. The lowest BCUT2D eigenvalue weighted by Gasteiger charge is -2.22. The van der Waals surface area contributed by atoms with E-state index in [-0.39, 0.29) is 22.1 Å². The van der Waals surface area contributed by atoms with Gasteiger partial charge in [-0.3, -0.25) is 10.1 Å². The van der Waals surface area contributed by atoms with E-state index in [0.29, 0.717) is 6.54 Å². The smallest absolute Gasteiger partial charge is 0.324 e. The molecule has 2 atom stereocenters. The Morgan fingerprint density at radius 2 is 2.31 bits per heavy atom. The van der Waals surface area contributed by atoms with E-state index in [0.717, 1.165) is 0 Å². The molecule has 0 amide bonds. The van der Waals surface area contributed by atoms with Gasteiger partial charge >= 0.3 is 5.97 Å². The number of nitrogens with one attached hydrogen (secondary N) is 1. The number of thioether (sulfide) groups is 1. The van der Waals surface area contributed by atoms with Crippen molar-refractivity contribution in [2.24, 2.45) is 5.73 Å². The summed E-state index contributed by atoms with van der Waals surface area (Å²) in [5.41, 5.74) is 5.52. The van der Waals surface area contributed by atoms with Crippen LogP contribution in [0.1, 0.15) is 13.8 Å². The number of esters is 1. The third kappa shape index (κ3) is 2.15. The molecule has 0 aliphatic carbocycles. The topological polar surface area (TPSA) is 64.3 Å². The molecule has 0 radical (unpaired) electrons. The van der Waals surface area contributed by atoms with Crippen LogP contribution in [0.4, 0.5) is 0 Å². The van der Waals surface area contributed by atoms with E-state index in [4.69, 9.17) is 10.5 Å². The van der Waals surface area contributed by atoms with Gasteiger partial charge in [-0.1, -0.05) is 0 Å². The summed E-state index contributed by atoms with van der Waals surface area (Å²) >= 11 is 1.68. The highest BCUT2D eigenvalue weighted by atomic mass is 32.2. The Hall–Kier alpha value is -0.260. The fourth-order valence-electron chi connectivity index (χ4n) is 1.44. The van der Waals surface area contributed by atoms with Crippen molar-refractivity contribution in [2.75, 3.05) is 13.7 Å². The first-order valence-electron chi connectivity index (χ1n) is 4.23. The van der Waals surface area contributed by atoms with E-state index < -0.39 is 0 Å². The van der Waals surface area contributed by atoms with E-state index in [2.05, 4.69) is 5.32 Å². The van der Waals surface area contributed by atoms with Crippen molar-refractivity contribution in [1.29, 1.82) is 0 Å². The van der Waals surface area contributed by atoms with Gasteiger partial charge < -0.3 is 10.5 Å². The van der Waals surface area contributed by atoms with Crippen molar-refractivity contribution in [2.45, 2.75) is 30.0 Å². The fraction of sp³-hybridized carbons (Fsp3) is 0.875. The van der Waals surface area contributed by atoms with Gasteiger partial charge in [0.05, 0.1) is 12.5 Å². The summed E-state index contributed by atoms with van der Waals surface area (Å²) in [6.45, 7) is 4.56. The van der Waals surface area contributed by atoms with Crippen LogP contribution in [-0.2, 0) is 9.53 Å². The van der Waals surface area contributed by atoms with Gasteiger partial charge in [-0.2, -0.15) is 0 Å². The highest BCUT2D eigenvalue weighted by Crippen LogP contribution is 2.37. The molecule has 0 spiro atoms. The second-order valence-electron chi connectivity index (χ2n) is 3.57. The molecule has 0 aromatic heterocycles. The van der Waals surface area contributed by atoms with E-state index in [1.165, 1.54) is 7.11 Å². The minimum Gasteiger partial charge on any atom is -0.468 e. The third-order valence-electron chi connectivity index (χ3n) is 2.14. The SMILES string of the molecule is COC(=O)C1NC(CN)SC1(C)C. The minimum atomic E-state index is -0.254. The van der Waals surface area contributed by atoms with Crippen molar-refractivity contribution in [3.05, 3.63) is 0 Å². The van der Waals surface area contributed by atoms with Crippen LogP contribution in [0.25, 0.3) is 0 Å². The zero-order valence-corrected chi connectivity index (χ0v) is 8.98. The average Bonchev–Trinajstić information content (AvgIpc) is 2.39. The summed E-state index contributed by atoms with van der Waals surface area (Å²) in [4.78, 5) is 11.4. The largest absolute Gasteiger partial charge is 0.468 e. The van der Waals surface area contributed by atoms with Crippen molar-refractivity contribution >= 4 is 17.7 Å². The Labute approximate surface area is 82.6 Å². The first kappa shape index (κ1) is 10.8. The predicted molar refractivity (Wildman–Crippen MR) is 53.5 cm³/mol. The van der Waals surface area contributed by atoms with E-state index in [1.807, 2.05) is 13.8 Å². The van der Waals surface area contributed by atoms with Gasteiger partial charge in [0.15, 0.2) is 0 Å². The molecule has 3 N–H and O–H groups in total. The monoisotopic (exact) mass is 204 g/mol. The highest BCUT2D eigenvalue weighted by Gasteiger charge is 2.45. The van der Waals surface area contributed by atoms with Crippen LogP contribution in [0.3, 0.4) is 0 Å². The number of carbonyl (C=O) groups excluding carboxylic acids is 1. The maximum atomic E-state index is 11.4. The molecular formula is C8H16N2O2S. The Morgan fingerprint density at radius 3 is 2.69 bits per heavy atom. The predicted octanol–water partition coefficient (Wildman–Crippen LogP) is -0.0722.